The molecule has 1 heterocycles. The van der Waals surface area contributed by atoms with Crippen LogP contribution in [-0.4, -0.2) is 25.0 Å². The Bertz CT molecular complexity index is 270. The Morgan fingerprint density at radius 1 is 1.30 bits per heavy atom. The predicted molar refractivity (Wildman–Crippen MR) is 88.4 cm³/mol. The molecule has 0 aromatic carbocycles. The summed E-state index contributed by atoms with van der Waals surface area (Å²) in [6, 6.07) is 0.305. The SMILES string of the molecule is CC(CCC(C)(C)C)NC(=O)CCC1CCNCC1.Cl. The molecule has 1 aliphatic rings. The second-order valence-corrected chi connectivity index (χ2v) is 7.30. The van der Waals surface area contributed by atoms with Gasteiger partial charge in [0, 0.05) is 12.5 Å². The van der Waals surface area contributed by atoms with E-state index in [4.69, 9.17) is 0 Å². The summed E-state index contributed by atoms with van der Waals surface area (Å²) in [5.74, 6) is 0.983. The summed E-state index contributed by atoms with van der Waals surface area (Å²) >= 11 is 0. The van der Waals surface area contributed by atoms with Crippen LogP contribution in [0.1, 0.15) is 66.2 Å². The highest BCUT2D eigenvalue weighted by Crippen LogP contribution is 2.21. The van der Waals surface area contributed by atoms with Crippen LogP contribution < -0.4 is 10.6 Å². The summed E-state index contributed by atoms with van der Waals surface area (Å²) in [6.07, 6.45) is 6.44. The summed E-state index contributed by atoms with van der Waals surface area (Å²) in [4.78, 5) is 11.9. The van der Waals surface area contributed by atoms with Crippen LogP contribution in [0.3, 0.4) is 0 Å². The molecule has 0 radical (unpaired) electrons. The molecule has 1 unspecified atom stereocenters. The number of hydrogen-bond acceptors (Lipinski definition) is 2. The summed E-state index contributed by atoms with van der Waals surface area (Å²) < 4.78 is 0. The molecule has 0 saturated carbocycles. The normalized spacial score (nSPS) is 18.2. The minimum absolute atomic E-state index is 0. The Morgan fingerprint density at radius 3 is 2.45 bits per heavy atom. The summed E-state index contributed by atoms with van der Waals surface area (Å²) in [5.41, 5.74) is 0.355. The zero-order chi connectivity index (χ0) is 14.3. The van der Waals surface area contributed by atoms with Crippen molar-refractivity contribution in [3.05, 3.63) is 0 Å². The van der Waals surface area contributed by atoms with Crippen molar-refractivity contribution < 1.29 is 4.79 Å². The van der Waals surface area contributed by atoms with Crippen LogP contribution in [0.5, 0.6) is 0 Å². The van der Waals surface area contributed by atoms with Crippen molar-refractivity contribution >= 4 is 18.3 Å². The number of halogens is 1. The van der Waals surface area contributed by atoms with E-state index >= 15 is 0 Å². The molecule has 2 N–H and O–H groups in total. The fourth-order valence-corrected chi connectivity index (χ4v) is 2.57. The van der Waals surface area contributed by atoms with Crippen molar-refractivity contribution in [1.82, 2.24) is 10.6 Å². The van der Waals surface area contributed by atoms with E-state index < -0.39 is 0 Å². The van der Waals surface area contributed by atoms with Gasteiger partial charge in [-0.1, -0.05) is 20.8 Å². The lowest BCUT2D eigenvalue weighted by Crippen LogP contribution is -2.34. The number of piperidine rings is 1. The topological polar surface area (TPSA) is 41.1 Å². The largest absolute Gasteiger partial charge is 0.354 e. The molecule has 3 nitrogen and oxygen atoms in total. The van der Waals surface area contributed by atoms with Crippen molar-refractivity contribution in [3.8, 4) is 0 Å². The lowest BCUT2D eigenvalue weighted by molar-refractivity contribution is -0.122. The van der Waals surface area contributed by atoms with Crippen molar-refractivity contribution in [2.45, 2.75) is 72.3 Å². The minimum atomic E-state index is 0. The maximum absolute atomic E-state index is 11.9. The third kappa shape index (κ3) is 9.60. The summed E-state index contributed by atoms with van der Waals surface area (Å²) in [7, 11) is 0. The number of carbonyl (C=O) groups excluding carboxylic acids is 1. The van der Waals surface area contributed by atoms with Gasteiger partial charge in [0.1, 0.15) is 0 Å². The molecule has 0 aromatic heterocycles. The fraction of sp³-hybridized carbons (Fsp3) is 0.938. The third-order valence-corrected chi connectivity index (χ3v) is 3.97. The van der Waals surface area contributed by atoms with Gasteiger partial charge in [0.05, 0.1) is 0 Å². The molecular weight excluding hydrogens is 272 g/mol. The van der Waals surface area contributed by atoms with Gasteiger partial charge in [0.15, 0.2) is 0 Å². The quantitative estimate of drug-likeness (QED) is 0.788. The average molecular weight is 305 g/mol. The second-order valence-electron chi connectivity index (χ2n) is 7.30. The smallest absolute Gasteiger partial charge is 0.220 e. The minimum Gasteiger partial charge on any atom is -0.354 e. The maximum atomic E-state index is 11.9. The summed E-state index contributed by atoms with van der Waals surface area (Å²) in [5, 5.41) is 6.50. The molecule has 20 heavy (non-hydrogen) atoms. The average Bonchev–Trinajstić information content (AvgIpc) is 2.34. The van der Waals surface area contributed by atoms with E-state index in [-0.39, 0.29) is 18.3 Å². The summed E-state index contributed by atoms with van der Waals surface area (Å²) in [6.45, 7) is 11.1. The number of nitrogens with one attached hydrogen (secondary N) is 2. The molecule has 1 fully saturated rings. The highest BCUT2D eigenvalue weighted by Gasteiger charge is 2.16. The van der Waals surface area contributed by atoms with Crippen LogP contribution in [0.15, 0.2) is 0 Å². The van der Waals surface area contributed by atoms with E-state index in [0.29, 0.717) is 17.9 Å². The molecule has 1 atom stereocenters. The number of hydrogen-bond donors (Lipinski definition) is 2. The van der Waals surface area contributed by atoms with Crippen LogP contribution in [0.4, 0.5) is 0 Å². The van der Waals surface area contributed by atoms with Crippen molar-refractivity contribution in [1.29, 1.82) is 0 Å². The van der Waals surface area contributed by atoms with Gasteiger partial charge >= 0.3 is 0 Å². The van der Waals surface area contributed by atoms with E-state index in [9.17, 15) is 4.79 Å². The standard InChI is InChI=1S/C16H32N2O.ClH/c1-13(7-10-16(2,3)4)18-15(19)6-5-14-8-11-17-12-9-14;/h13-14,17H,5-12H2,1-4H3,(H,18,19);1H. The third-order valence-electron chi connectivity index (χ3n) is 3.97. The van der Waals surface area contributed by atoms with Crippen molar-refractivity contribution in [3.63, 3.8) is 0 Å². The van der Waals surface area contributed by atoms with Crippen LogP contribution in [-0.2, 0) is 4.79 Å². The molecule has 0 bridgehead atoms. The van der Waals surface area contributed by atoms with Gasteiger partial charge in [-0.2, -0.15) is 0 Å². The van der Waals surface area contributed by atoms with Gasteiger partial charge in [0.25, 0.3) is 0 Å². The van der Waals surface area contributed by atoms with E-state index in [1.54, 1.807) is 0 Å². The zero-order valence-electron chi connectivity index (χ0n) is 13.6. The molecule has 1 aliphatic heterocycles. The van der Waals surface area contributed by atoms with Crippen molar-refractivity contribution in [2.24, 2.45) is 11.3 Å². The molecule has 1 saturated heterocycles. The Balaban J connectivity index is 0.00000361. The highest BCUT2D eigenvalue weighted by atomic mass is 35.5. The van der Waals surface area contributed by atoms with Crippen LogP contribution in [0.25, 0.3) is 0 Å². The van der Waals surface area contributed by atoms with Crippen molar-refractivity contribution in [2.75, 3.05) is 13.1 Å². The molecular formula is C16H33ClN2O. The van der Waals surface area contributed by atoms with Gasteiger partial charge in [-0.05, 0) is 63.5 Å². The number of rotatable bonds is 6. The maximum Gasteiger partial charge on any atom is 0.220 e. The Morgan fingerprint density at radius 2 is 1.90 bits per heavy atom. The van der Waals surface area contributed by atoms with Gasteiger partial charge in [-0.15, -0.1) is 12.4 Å². The molecule has 120 valence electrons. The second kappa shape index (κ2) is 9.62. The van der Waals surface area contributed by atoms with Gasteiger partial charge in [0.2, 0.25) is 5.91 Å². The first-order valence-electron chi connectivity index (χ1n) is 7.87. The Hall–Kier alpha value is -0.280. The van der Waals surface area contributed by atoms with Gasteiger partial charge in [-0.3, -0.25) is 4.79 Å². The number of carbonyl (C=O) groups is 1. The molecule has 0 aromatic rings. The molecule has 1 rings (SSSR count). The van der Waals surface area contributed by atoms with Crippen LogP contribution >= 0.6 is 12.4 Å². The predicted octanol–water partition coefficient (Wildman–Crippen LogP) is 3.52. The van der Waals surface area contributed by atoms with E-state index in [1.807, 2.05) is 0 Å². The Labute approximate surface area is 131 Å². The molecule has 0 spiro atoms. The first-order valence-corrected chi connectivity index (χ1v) is 7.87. The van der Waals surface area contributed by atoms with Gasteiger partial charge in [-0.25, -0.2) is 0 Å². The first kappa shape index (κ1) is 19.7. The Kier molecular flexibility index (Phi) is 9.48. The fourth-order valence-electron chi connectivity index (χ4n) is 2.57. The van der Waals surface area contributed by atoms with E-state index in [2.05, 4.69) is 38.3 Å². The zero-order valence-corrected chi connectivity index (χ0v) is 14.4. The lowest BCUT2D eigenvalue weighted by atomic mass is 9.89. The highest BCUT2D eigenvalue weighted by molar-refractivity contribution is 5.85. The molecule has 4 heteroatoms. The van der Waals surface area contributed by atoms with Crippen LogP contribution in [0, 0.1) is 11.3 Å². The van der Waals surface area contributed by atoms with E-state index in [0.717, 1.165) is 38.3 Å². The molecule has 1 amide bonds. The van der Waals surface area contributed by atoms with Gasteiger partial charge < -0.3 is 10.6 Å². The monoisotopic (exact) mass is 304 g/mol. The van der Waals surface area contributed by atoms with E-state index in [1.165, 1.54) is 12.8 Å². The first-order chi connectivity index (χ1) is 8.87. The van der Waals surface area contributed by atoms with Crippen LogP contribution in [0.2, 0.25) is 0 Å². The number of amides is 1. The lowest BCUT2D eigenvalue weighted by Gasteiger charge is -2.23. The molecule has 0 aliphatic carbocycles.